The van der Waals surface area contributed by atoms with Gasteiger partial charge in [-0.1, -0.05) is 11.6 Å². The minimum atomic E-state index is -0.905. The van der Waals surface area contributed by atoms with Crippen molar-refractivity contribution in [2.75, 3.05) is 11.5 Å². The average molecular weight is 348 g/mol. The van der Waals surface area contributed by atoms with Gasteiger partial charge in [-0.25, -0.2) is 0 Å². The number of hydrogen-bond donors (Lipinski definition) is 1. The third kappa shape index (κ3) is 4.49. The number of amides is 1. The zero-order valence-corrected chi connectivity index (χ0v) is 14.2. The maximum atomic E-state index is 12.0. The summed E-state index contributed by atoms with van der Waals surface area (Å²) in [7, 11) is 0. The molecule has 6 heteroatoms. The van der Waals surface area contributed by atoms with Crippen LogP contribution in [-0.2, 0) is 9.59 Å². The molecule has 24 heavy (non-hydrogen) atoms. The zero-order chi connectivity index (χ0) is 17.7. The summed E-state index contributed by atoms with van der Waals surface area (Å²) < 4.78 is 5.44. The van der Waals surface area contributed by atoms with E-state index in [1.54, 1.807) is 60.4 Å². The van der Waals surface area contributed by atoms with Gasteiger partial charge in [-0.3, -0.25) is 14.5 Å². The minimum Gasteiger partial charge on any atom is -0.493 e. The fourth-order valence-corrected chi connectivity index (χ4v) is 2.21. The van der Waals surface area contributed by atoms with Gasteiger partial charge >= 0.3 is 5.97 Å². The highest BCUT2D eigenvalue weighted by molar-refractivity contribution is 6.30. The molecular weight excluding hydrogens is 330 g/mol. The summed E-state index contributed by atoms with van der Waals surface area (Å²) in [4.78, 5) is 24.3. The van der Waals surface area contributed by atoms with Crippen molar-refractivity contribution in [1.82, 2.24) is 0 Å². The van der Waals surface area contributed by atoms with Crippen molar-refractivity contribution >= 4 is 34.9 Å². The number of hydrogen-bond acceptors (Lipinski definition) is 3. The maximum Gasteiger partial charge on any atom is 0.309 e. The third-order valence-electron chi connectivity index (χ3n) is 3.42. The highest BCUT2D eigenvalue weighted by Crippen LogP contribution is 2.28. The molecule has 0 aliphatic rings. The predicted molar refractivity (Wildman–Crippen MR) is 93.0 cm³/mol. The van der Waals surface area contributed by atoms with Gasteiger partial charge in [-0.2, -0.15) is 0 Å². The van der Waals surface area contributed by atoms with Crippen LogP contribution in [0.2, 0.25) is 5.02 Å². The summed E-state index contributed by atoms with van der Waals surface area (Å²) in [5.74, 6) is -1.08. The number of carboxylic acids is 1. The van der Waals surface area contributed by atoms with E-state index in [4.69, 9.17) is 21.4 Å². The van der Waals surface area contributed by atoms with Crippen LogP contribution in [0.25, 0.3) is 0 Å². The molecule has 0 spiro atoms. The maximum absolute atomic E-state index is 12.0. The lowest BCUT2D eigenvalue weighted by molar-refractivity contribution is -0.142. The molecule has 0 aliphatic heterocycles. The smallest absolute Gasteiger partial charge is 0.309 e. The van der Waals surface area contributed by atoms with Gasteiger partial charge in [-0.05, 0) is 55.5 Å². The number of aliphatic carboxylic acids is 1. The molecule has 1 unspecified atom stereocenters. The first-order valence-electron chi connectivity index (χ1n) is 7.40. The molecule has 2 aromatic rings. The molecular formula is C18H18ClNO4. The Labute approximate surface area is 145 Å². The van der Waals surface area contributed by atoms with Crippen molar-refractivity contribution in [3.8, 4) is 5.75 Å². The highest BCUT2D eigenvalue weighted by atomic mass is 35.5. The largest absolute Gasteiger partial charge is 0.493 e. The number of carboxylic acid groups (broad SMARTS) is 1. The van der Waals surface area contributed by atoms with Gasteiger partial charge < -0.3 is 9.84 Å². The Bertz CT molecular complexity index is 713. The van der Waals surface area contributed by atoms with Crippen LogP contribution in [0.5, 0.6) is 5.75 Å². The number of nitrogens with zero attached hydrogens (tertiary/aromatic N) is 1. The first kappa shape index (κ1) is 17.8. The molecule has 2 aromatic carbocycles. The first-order valence-corrected chi connectivity index (χ1v) is 7.78. The van der Waals surface area contributed by atoms with E-state index < -0.39 is 11.9 Å². The second-order valence-corrected chi connectivity index (χ2v) is 5.81. The molecule has 0 saturated heterocycles. The number of carbonyl (C=O) groups is 2. The Morgan fingerprint density at radius 1 is 1.08 bits per heavy atom. The van der Waals surface area contributed by atoms with Gasteiger partial charge in [0.15, 0.2) is 0 Å². The number of ether oxygens (including phenoxy) is 1. The molecule has 2 rings (SSSR count). The molecule has 0 saturated carbocycles. The van der Waals surface area contributed by atoms with Crippen LogP contribution in [0.3, 0.4) is 0 Å². The standard InChI is InChI=1S/C18H18ClNO4/c1-12(18(22)23)11-24-17-9-7-16(8-10-17)20(13(2)21)15-5-3-14(19)4-6-15/h3-10,12H,11H2,1-2H3,(H,22,23). The summed E-state index contributed by atoms with van der Waals surface area (Å²) in [5, 5.41) is 9.45. The molecule has 0 bridgehead atoms. The van der Waals surface area contributed by atoms with E-state index >= 15 is 0 Å². The highest BCUT2D eigenvalue weighted by Gasteiger charge is 2.15. The predicted octanol–water partition coefficient (Wildman–Crippen LogP) is 4.12. The quantitative estimate of drug-likeness (QED) is 0.853. The van der Waals surface area contributed by atoms with Crippen molar-refractivity contribution in [3.05, 3.63) is 53.6 Å². The fourth-order valence-electron chi connectivity index (χ4n) is 2.09. The summed E-state index contributed by atoms with van der Waals surface area (Å²) >= 11 is 5.88. The van der Waals surface area contributed by atoms with Crippen LogP contribution in [0, 0.1) is 5.92 Å². The fraction of sp³-hybridized carbons (Fsp3) is 0.222. The molecule has 0 aromatic heterocycles. The summed E-state index contributed by atoms with van der Waals surface area (Å²) in [6.07, 6.45) is 0. The molecule has 0 fully saturated rings. The molecule has 5 nitrogen and oxygen atoms in total. The van der Waals surface area contributed by atoms with Crippen molar-refractivity contribution < 1.29 is 19.4 Å². The number of benzene rings is 2. The van der Waals surface area contributed by atoms with E-state index in [2.05, 4.69) is 0 Å². The van der Waals surface area contributed by atoms with E-state index in [0.717, 1.165) is 0 Å². The Morgan fingerprint density at radius 3 is 2.04 bits per heavy atom. The summed E-state index contributed by atoms with van der Waals surface area (Å²) in [6.45, 7) is 3.14. The minimum absolute atomic E-state index is 0.0856. The first-order chi connectivity index (χ1) is 11.4. The van der Waals surface area contributed by atoms with E-state index in [0.29, 0.717) is 22.1 Å². The molecule has 126 valence electrons. The van der Waals surface area contributed by atoms with Crippen molar-refractivity contribution in [3.63, 3.8) is 0 Å². The van der Waals surface area contributed by atoms with Gasteiger partial charge in [0.25, 0.3) is 0 Å². The zero-order valence-electron chi connectivity index (χ0n) is 13.4. The number of rotatable bonds is 6. The monoisotopic (exact) mass is 347 g/mol. The van der Waals surface area contributed by atoms with Crippen LogP contribution in [0.15, 0.2) is 48.5 Å². The molecule has 1 amide bonds. The number of halogens is 1. The van der Waals surface area contributed by atoms with E-state index in [1.807, 2.05) is 0 Å². The van der Waals surface area contributed by atoms with Crippen molar-refractivity contribution in [1.29, 1.82) is 0 Å². The summed E-state index contributed by atoms with van der Waals surface area (Å²) in [6, 6.07) is 13.9. The lowest BCUT2D eigenvalue weighted by Crippen LogP contribution is -2.22. The lowest BCUT2D eigenvalue weighted by Gasteiger charge is -2.21. The Morgan fingerprint density at radius 2 is 1.58 bits per heavy atom. The molecule has 1 N–H and O–H groups in total. The van der Waals surface area contributed by atoms with Crippen molar-refractivity contribution in [2.24, 2.45) is 5.92 Å². The van der Waals surface area contributed by atoms with E-state index in [1.165, 1.54) is 6.92 Å². The van der Waals surface area contributed by atoms with Crippen LogP contribution < -0.4 is 9.64 Å². The van der Waals surface area contributed by atoms with Gasteiger partial charge in [0, 0.05) is 23.3 Å². The molecule has 0 aliphatic carbocycles. The van der Waals surface area contributed by atoms with Crippen molar-refractivity contribution in [2.45, 2.75) is 13.8 Å². The van der Waals surface area contributed by atoms with E-state index in [9.17, 15) is 9.59 Å². The van der Waals surface area contributed by atoms with Gasteiger partial charge in [0.2, 0.25) is 5.91 Å². The molecule has 0 radical (unpaired) electrons. The Balaban J connectivity index is 2.16. The Kier molecular flexibility index (Phi) is 5.82. The molecule has 1 atom stereocenters. The Hall–Kier alpha value is -2.53. The number of anilines is 2. The third-order valence-corrected chi connectivity index (χ3v) is 3.67. The SMILES string of the molecule is CC(=O)N(c1ccc(Cl)cc1)c1ccc(OCC(C)C(=O)O)cc1. The normalized spacial score (nSPS) is 11.6. The average Bonchev–Trinajstić information content (AvgIpc) is 2.55. The lowest BCUT2D eigenvalue weighted by atomic mass is 10.2. The van der Waals surface area contributed by atoms with Crippen LogP contribution in [0.4, 0.5) is 11.4 Å². The van der Waals surface area contributed by atoms with Gasteiger partial charge in [0.05, 0.1) is 5.92 Å². The number of carbonyl (C=O) groups excluding carboxylic acids is 1. The van der Waals surface area contributed by atoms with Gasteiger partial charge in [0.1, 0.15) is 12.4 Å². The van der Waals surface area contributed by atoms with Crippen LogP contribution in [-0.4, -0.2) is 23.6 Å². The summed E-state index contributed by atoms with van der Waals surface area (Å²) in [5.41, 5.74) is 1.39. The van der Waals surface area contributed by atoms with Crippen LogP contribution in [0.1, 0.15) is 13.8 Å². The molecule has 0 heterocycles. The van der Waals surface area contributed by atoms with E-state index in [-0.39, 0.29) is 12.5 Å². The second-order valence-electron chi connectivity index (χ2n) is 5.38. The van der Waals surface area contributed by atoms with Gasteiger partial charge in [-0.15, -0.1) is 0 Å². The topological polar surface area (TPSA) is 66.8 Å². The second kappa shape index (κ2) is 7.84. The van der Waals surface area contributed by atoms with Crippen LogP contribution >= 0.6 is 11.6 Å².